The maximum atomic E-state index is 12.6. The summed E-state index contributed by atoms with van der Waals surface area (Å²) in [6, 6.07) is 13.5. The zero-order valence-electron chi connectivity index (χ0n) is 17.9. The molecule has 0 spiro atoms. The molecule has 0 fully saturated rings. The number of carbonyl (C=O) groups excluding carboxylic acids is 2. The number of para-hydroxylation sites is 1. The third-order valence-electron chi connectivity index (χ3n) is 4.95. The summed E-state index contributed by atoms with van der Waals surface area (Å²) in [6.07, 6.45) is 3.30. The molecule has 0 bridgehead atoms. The minimum Gasteiger partial charge on any atom is -0.456 e. The number of anilines is 1. The van der Waals surface area contributed by atoms with Crippen LogP contribution in [0.4, 0.5) is 9.80 Å². The molecule has 0 aliphatic carbocycles. The first-order valence-electron chi connectivity index (χ1n) is 10.3. The van der Waals surface area contributed by atoms with E-state index in [1.165, 1.54) is 28.7 Å². The van der Waals surface area contributed by atoms with Gasteiger partial charge in [-0.2, -0.15) is 5.26 Å². The van der Waals surface area contributed by atoms with E-state index in [0.717, 1.165) is 21.1 Å². The van der Waals surface area contributed by atoms with Crippen molar-refractivity contribution < 1.29 is 19.1 Å². The average Bonchev–Trinajstić information content (AvgIpc) is 3.41. The van der Waals surface area contributed by atoms with E-state index >= 15 is 0 Å². The predicted molar refractivity (Wildman–Crippen MR) is 129 cm³/mol. The molecule has 2 aromatic heterocycles. The van der Waals surface area contributed by atoms with Crippen LogP contribution in [0.25, 0.3) is 6.08 Å². The lowest BCUT2D eigenvalue weighted by atomic mass is 10.0. The summed E-state index contributed by atoms with van der Waals surface area (Å²) in [5, 5.41) is 14.9. The van der Waals surface area contributed by atoms with Crippen LogP contribution in [0.15, 0.2) is 47.9 Å². The molecular weight excluding hydrogens is 458 g/mol. The Balaban J connectivity index is 1.45. The fraction of sp³-hybridized carbons (Fsp3) is 0.208. The molecule has 1 aliphatic heterocycles. The van der Waals surface area contributed by atoms with E-state index in [0.29, 0.717) is 42.4 Å². The molecule has 0 saturated heterocycles. The number of nitriles is 1. The van der Waals surface area contributed by atoms with Crippen molar-refractivity contribution in [3.63, 3.8) is 0 Å². The summed E-state index contributed by atoms with van der Waals surface area (Å²) < 4.78 is 11.0. The van der Waals surface area contributed by atoms with Crippen LogP contribution < -0.4 is 10.1 Å². The van der Waals surface area contributed by atoms with E-state index in [2.05, 4.69) is 11.4 Å². The van der Waals surface area contributed by atoms with Crippen molar-refractivity contribution in [3.8, 4) is 17.6 Å². The number of benzene rings is 1. The number of fused-ring (bicyclic) bond motifs is 1. The molecule has 1 aromatic carbocycles. The van der Waals surface area contributed by atoms with Crippen LogP contribution >= 0.6 is 22.7 Å². The fourth-order valence-electron chi connectivity index (χ4n) is 3.42. The molecule has 1 aliphatic rings. The van der Waals surface area contributed by atoms with Crippen LogP contribution in [0.2, 0.25) is 0 Å². The molecule has 33 heavy (non-hydrogen) atoms. The van der Waals surface area contributed by atoms with Gasteiger partial charge in [-0.15, -0.1) is 22.7 Å². The number of rotatable bonds is 6. The molecule has 0 saturated carbocycles. The summed E-state index contributed by atoms with van der Waals surface area (Å²) in [4.78, 5) is 27.9. The Morgan fingerprint density at radius 1 is 1.27 bits per heavy atom. The maximum absolute atomic E-state index is 12.6. The molecule has 3 heterocycles. The lowest BCUT2D eigenvalue weighted by molar-refractivity contribution is -0.111. The summed E-state index contributed by atoms with van der Waals surface area (Å²) in [5.41, 5.74) is 1.35. The van der Waals surface area contributed by atoms with Gasteiger partial charge in [-0.05, 0) is 48.6 Å². The Morgan fingerprint density at radius 3 is 2.85 bits per heavy atom. The molecule has 9 heteroatoms. The zero-order valence-corrected chi connectivity index (χ0v) is 19.5. The summed E-state index contributed by atoms with van der Waals surface area (Å²) in [6.45, 7) is 2.92. The van der Waals surface area contributed by atoms with Gasteiger partial charge in [0.1, 0.15) is 22.6 Å². The van der Waals surface area contributed by atoms with E-state index in [9.17, 15) is 14.9 Å². The first kappa shape index (κ1) is 22.6. The van der Waals surface area contributed by atoms with Gasteiger partial charge >= 0.3 is 6.09 Å². The van der Waals surface area contributed by atoms with Crippen molar-refractivity contribution in [3.05, 3.63) is 68.7 Å². The largest absolute Gasteiger partial charge is 0.456 e. The van der Waals surface area contributed by atoms with Crippen molar-refractivity contribution >= 4 is 45.8 Å². The molecule has 1 N–H and O–H groups in total. The lowest BCUT2D eigenvalue weighted by Gasteiger charge is -2.25. The molecule has 7 nitrogen and oxygen atoms in total. The summed E-state index contributed by atoms with van der Waals surface area (Å²) in [7, 11) is 0. The molecule has 168 valence electrons. The van der Waals surface area contributed by atoms with Gasteiger partial charge in [0.2, 0.25) is 5.91 Å². The Morgan fingerprint density at radius 2 is 2.09 bits per heavy atom. The van der Waals surface area contributed by atoms with Gasteiger partial charge in [0.25, 0.3) is 0 Å². The van der Waals surface area contributed by atoms with Crippen LogP contribution in [-0.4, -0.2) is 30.1 Å². The first-order valence-corrected chi connectivity index (χ1v) is 12.0. The van der Waals surface area contributed by atoms with E-state index in [-0.39, 0.29) is 12.0 Å². The smallest absolute Gasteiger partial charge is 0.410 e. The van der Waals surface area contributed by atoms with Gasteiger partial charge < -0.3 is 19.7 Å². The Bertz CT molecular complexity index is 1220. The second kappa shape index (κ2) is 10.3. The topological polar surface area (TPSA) is 91.7 Å². The quantitative estimate of drug-likeness (QED) is 0.462. The zero-order chi connectivity index (χ0) is 23.2. The standard InChI is InChI=1S/C24H21N3O4S2/c1-2-30-24(29)27-12-10-17-18(14-25)23(33-21(17)15-27)26-22(28)9-8-20-19(11-13-32-20)31-16-6-4-3-5-7-16/h3-9,11,13H,2,10,12,15H2,1H3,(H,26,28)/b9-8+. The van der Waals surface area contributed by atoms with Gasteiger partial charge in [0.15, 0.2) is 0 Å². The molecular formula is C24H21N3O4S2. The summed E-state index contributed by atoms with van der Waals surface area (Å²) in [5.74, 6) is 1.04. The number of hydrogen-bond donors (Lipinski definition) is 1. The van der Waals surface area contributed by atoms with Gasteiger partial charge in [-0.3, -0.25) is 4.79 Å². The minimum absolute atomic E-state index is 0.312. The Kier molecular flexibility index (Phi) is 7.07. The van der Waals surface area contributed by atoms with Crippen molar-refractivity contribution in [2.75, 3.05) is 18.5 Å². The van der Waals surface area contributed by atoms with Crippen molar-refractivity contribution in [2.24, 2.45) is 0 Å². The van der Waals surface area contributed by atoms with Gasteiger partial charge in [0, 0.05) is 17.5 Å². The highest BCUT2D eigenvalue weighted by Crippen LogP contribution is 2.37. The van der Waals surface area contributed by atoms with E-state index in [4.69, 9.17) is 9.47 Å². The highest BCUT2D eigenvalue weighted by atomic mass is 32.1. The fourth-order valence-corrected chi connectivity index (χ4v) is 5.34. The normalized spacial score (nSPS) is 12.8. The van der Waals surface area contributed by atoms with Crippen LogP contribution in [0.3, 0.4) is 0 Å². The van der Waals surface area contributed by atoms with Crippen LogP contribution in [-0.2, 0) is 22.5 Å². The third-order valence-corrected chi connectivity index (χ3v) is 6.94. The highest BCUT2D eigenvalue weighted by molar-refractivity contribution is 7.16. The highest BCUT2D eigenvalue weighted by Gasteiger charge is 2.28. The number of ether oxygens (including phenoxy) is 2. The SMILES string of the molecule is CCOC(=O)N1CCc2c(sc(NC(=O)/C=C/c3sccc3Oc3ccccc3)c2C#N)C1. The van der Waals surface area contributed by atoms with Gasteiger partial charge in [-0.25, -0.2) is 4.79 Å². The van der Waals surface area contributed by atoms with Crippen molar-refractivity contribution in [2.45, 2.75) is 19.9 Å². The van der Waals surface area contributed by atoms with Crippen LogP contribution in [0, 0.1) is 11.3 Å². The molecule has 0 atom stereocenters. The number of nitrogens with zero attached hydrogens (tertiary/aromatic N) is 2. The van der Waals surface area contributed by atoms with E-state index in [1.807, 2.05) is 41.8 Å². The average molecular weight is 480 g/mol. The lowest BCUT2D eigenvalue weighted by Crippen LogP contribution is -2.35. The van der Waals surface area contributed by atoms with E-state index in [1.54, 1.807) is 17.9 Å². The van der Waals surface area contributed by atoms with E-state index < -0.39 is 0 Å². The number of amides is 2. The molecule has 2 amide bonds. The number of hydrogen-bond acceptors (Lipinski definition) is 7. The molecule has 4 rings (SSSR count). The molecule has 0 radical (unpaired) electrons. The Labute approximate surface area is 199 Å². The number of nitrogens with one attached hydrogen (secondary N) is 1. The van der Waals surface area contributed by atoms with Crippen LogP contribution in [0.1, 0.15) is 27.8 Å². The third kappa shape index (κ3) is 5.25. The molecule has 3 aromatic rings. The van der Waals surface area contributed by atoms with Gasteiger partial charge in [-0.1, -0.05) is 18.2 Å². The monoisotopic (exact) mass is 479 g/mol. The maximum Gasteiger partial charge on any atom is 0.410 e. The second-order valence-electron chi connectivity index (χ2n) is 7.08. The summed E-state index contributed by atoms with van der Waals surface area (Å²) >= 11 is 2.79. The van der Waals surface area contributed by atoms with Crippen molar-refractivity contribution in [1.29, 1.82) is 5.26 Å². The first-order chi connectivity index (χ1) is 16.1. The number of thiophene rings is 2. The Hall–Kier alpha value is -3.61. The van der Waals surface area contributed by atoms with Crippen molar-refractivity contribution in [1.82, 2.24) is 4.90 Å². The second-order valence-corrected chi connectivity index (χ2v) is 9.13. The molecule has 0 unspecified atom stereocenters. The predicted octanol–water partition coefficient (Wildman–Crippen LogP) is 5.64. The van der Waals surface area contributed by atoms with Gasteiger partial charge in [0.05, 0.1) is 23.6 Å². The minimum atomic E-state index is -0.368. The van der Waals surface area contributed by atoms with Crippen LogP contribution in [0.5, 0.6) is 11.5 Å². The number of carbonyl (C=O) groups is 2.